The largest absolute Gasteiger partial charge is 0.387 e. The van der Waals surface area contributed by atoms with Crippen LogP contribution in [0.15, 0.2) is 18.2 Å². The van der Waals surface area contributed by atoms with Crippen molar-refractivity contribution in [3.8, 4) is 0 Å². The van der Waals surface area contributed by atoms with Crippen molar-refractivity contribution in [1.29, 1.82) is 0 Å². The van der Waals surface area contributed by atoms with Crippen LogP contribution in [0.25, 0.3) is 0 Å². The molecule has 2 unspecified atom stereocenters. The summed E-state index contributed by atoms with van der Waals surface area (Å²) in [5.74, 6) is 0.800. The highest BCUT2D eigenvalue weighted by Crippen LogP contribution is 2.35. The first-order valence-corrected chi connectivity index (χ1v) is 8.01. The highest BCUT2D eigenvalue weighted by Gasteiger charge is 2.32. The van der Waals surface area contributed by atoms with E-state index < -0.39 is 6.10 Å². The molecule has 1 aromatic carbocycles. The number of aliphatic hydroxyl groups excluding tert-OH is 1. The fourth-order valence-electron chi connectivity index (χ4n) is 2.85. The van der Waals surface area contributed by atoms with Crippen LogP contribution in [0.4, 0.5) is 0 Å². The zero-order valence-electron chi connectivity index (χ0n) is 13.8. The summed E-state index contributed by atoms with van der Waals surface area (Å²) in [6.45, 7) is 8.77. The van der Waals surface area contributed by atoms with Gasteiger partial charge in [-0.3, -0.25) is 4.90 Å². The smallest absolute Gasteiger partial charge is 0.0917 e. The van der Waals surface area contributed by atoms with E-state index in [9.17, 15) is 5.11 Å². The summed E-state index contributed by atoms with van der Waals surface area (Å²) in [7, 11) is 1.74. The number of rotatable bonds is 8. The first kappa shape index (κ1) is 16.5. The number of benzene rings is 1. The quantitative estimate of drug-likeness (QED) is 0.799. The summed E-state index contributed by atoms with van der Waals surface area (Å²) in [6, 6.07) is 6.78. The van der Waals surface area contributed by atoms with Gasteiger partial charge in [-0.2, -0.15) is 0 Å². The molecule has 21 heavy (non-hydrogen) atoms. The minimum Gasteiger partial charge on any atom is -0.387 e. The molecule has 3 nitrogen and oxygen atoms in total. The van der Waals surface area contributed by atoms with Gasteiger partial charge in [0.1, 0.15) is 0 Å². The van der Waals surface area contributed by atoms with Gasteiger partial charge in [-0.25, -0.2) is 0 Å². The van der Waals surface area contributed by atoms with Gasteiger partial charge in [0.25, 0.3) is 0 Å². The molecule has 1 fully saturated rings. The summed E-state index contributed by atoms with van der Waals surface area (Å²) in [5, 5.41) is 10.6. The number of methoxy groups -OCH3 is 1. The Balaban J connectivity index is 2.01. The number of hydrogen-bond acceptors (Lipinski definition) is 3. The molecule has 1 saturated carbocycles. The Bertz CT molecular complexity index is 457. The van der Waals surface area contributed by atoms with Gasteiger partial charge in [0.15, 0.2) is 0 Å². The maximum Gasteiger partial charge on any atom is 0.0917 e. The molecule has 0 bridgehead atoms. The molecule has 0 spiro atoms. The first-order valence-electron chi connectivity index (χ1n) is 8.01. The van der Waals surface area contributed by atoms with Crippen LogP contribution in [0.2, 0.25) is 0 Å². The van der Waals surface area contributed by atoms with Crippen molar-refractivity contribution in [2.24, 2.45) is 5.92 Å². The maximum atomic E-state index is 10.6. The van der Waals surface area contributed by atoms with Crippen LogP contribution < -0.4 is 0 Å². The van der Waals surface area contributed by atoms with Crippen molar-refractivity contribution < 1.29 is 9.84 Å². The Morgan fingerprint density at radius 1 is 1.29 bits per heavy atom. The minimum atomic E-state index is -0.428. The van der Waals surface area contributed by atoms with Crippen LogP contribution in [0.5, 0.6) is 0 Å². The van der Waals surface area contributed by atoms with E-state index >= 15 is 0 Å². The van der Waals surface area contributed by atoms with Crippen molar-refractivity contribution in [3.63, 3.8) is 0 Å². The molecule has 0 amide bonds. The van der Waals surface area contributed by atoms with E-state index in [1.54, 1.807) is 7.11 Å². The topological polar surface area (TPSA) is 32.7 Å². The summed E-state index contributed by atoms with van der Waals surface area (Å²) in [6.07, 6.45) is 2.22. The van der Waals surface area contributed by atoms with E-state index in [2.05, 4.69) is 37.8 Å². The minimum absolute atomic E-state index is 0.428. The lowest BCUT2D eigenvalue weighted by Crippen LogP contribution is -2.40. The number of aliphatic hydroxyl groups is 1. The fraction of sp³-hybridized carbons (Fsp3) is 0.667. The van der Waals surface area contributed by atoms with Crippen LogP contribution in [-0.2, 0) is 4.74 Å². The Labute approximate surface area is 128 Å². The van der Waals surface area contributed by atoms with Crippen molar-refractivity contribution in [2.45, 2.75) is 45.8 Å². The number of nitrogens with zero attached hydrogens (tertiary/aromatic N) is 1. The van der Waals surface area contributed by atoms with Crippen LogP contribution in [0.1, 0.15) is 42.6 Å². The van der Waals surface area contributed by atoms with Crippen molar-refractivity contribution >= 4 is 0 Å². The van der Waals surface area contributed by atoms with Crippen LogP contribution >= 0.6 is 0 Å². The van der Waals surface area contributed by atoms with E-state index in [0.29, 0.717) is 12.6 Å². The van der Waals surface area contributed by atoms with Crippen LogP contribution in [0, 0.1) is 19.8 Å². The second kappa shape index (κ2) is 7.39. The molecular formula is C18H29NO2. The van der Waals surface area contributed by atoms with Gasteiger partial charge >= 0.3 is 0 Å². The molecule has 1 N–H and O–H groups in total. The second-order valence-corrected chi connectivity index (χ2v) is 6.43. The zero-order valence-corrected chi connectivity index (χ0v) is 13.8. The van der Waals surface area contributed by atoms with Crippen LogP contribution in [-0.4, -0.2) is 42.9 Å². The predicted octanol–water partition coefficient (Wildman–Crippen LogP) is 3.08. The Morgan fingerprint density at radius 3 is 2.57 bits per heavy atom. The van der Waals surface area contributed by atoms with Gasteiger partial charge in [0.05, 0.1) is 12.7 Å². The Kier molecular flexibility index (Phi) is 5.80. The lowest BCUT2D eigenvalue weighted by molar-refractivity contribution is 0.0620. The van der Waals surface area contributed by atoms with Gasteiger partial charge < -0.3 is 9.84 Å². The molecule has 0 heterocycles. The highest BCUT2D eigenvalue weighted by atomic mass is 16.5. The molecule has 0 saturated heterocycles. The number of aryl methyl sites for hydroxylation is 2. The molecule has 1 aliphatic carbocycles. The predicted molar refractivity (Wildman–Crippen MR) is 86.5 cm³/mol. The zero-order chi connectivity index (χ0) is 15.4. The van der Waals surface area contributed by atoms with E-state index in [4.69, 9.17) is 4.74 Å². The summed E-state index contributed by atoms with van der Waals surface area (Å²) < 4.78 is 5.22. The molecule has 1 aromatic rings. The lowest BCUT2D eigenvalue weighted by atomic mass is 10.0. The molecule has 0 radical (unpaired) electrons. The van der Waals surface area contributed by atoms with Crippen molar-refractivity contribution in [1.82, 2.24) is 4.90 Å². The third-order valence-electron chi connectivity index (χ3n) is 4.79. The standard InChI is InChI=1S/C18H29NO2/c1-13-5-6-17(11-14(13)2)18(20)12-19(9-10-21-4)15(3)16-7-8-16/h5-6,11,15-16,18,20H,7-10,12H2,1-4H3. The van der Waals surface area contributed by atoms with E-state index in [1.807, 2.05) is 6.07 Å². The number of ether oxygens (including phenoxy) is 1. The maximum absolute atomic E-state index is 10.6. The molecule has 0 aliphatic heterocycles. The van der Waals surface area contributed by atoms with Gasteiger partial charge in [0.2, 0.25) is 0 Å². The first-order chi connectivity index (χ1) is 10.0. The second-order valence-electron chi connectivity index (χ2n) is 6.43. The highest BCUT2D eigenvalue weighted by molar-refractivity contribution is 5.31. The monoisotopic (exact) mass is 291 g/mol. The molecule has 3 heteroatoms. The Morgan fingerprint density at radius 2 is 2.00 bits per heavy atom. The molecule has 2 atom stereocenters. The van der Waals surface area contributed by atoms with Crippen molar-refractivity contribution in [2.75, 3.05) is 26.8 Å². The SMILES string of the molecule is COCCN(CC(O)c1ccc(C)c(C)c1)C(C)C1CC1. The van der Waals surface area contributed by atoms with E-state index in [0.717, 1.165) is 24.6 Å². The third kappa shape index (κ3) is 4.53. The number of hydrogen-bond donors (Lipinski definition) is 1. The summed E-state index contributed by atoms with van der Waals surface area (Å²) in [5.41, 5.74) is 3.53. The summed E-state index contributed by atoms with van der Waals surface area (Å²) in [4.78, 5) is 2.38. The van der Waals surface area contributed by atoms with E-state index in [1.165, 1.54) is 24.0 Å². The van der Waals surface area contributed by atoms with E-state index in [-0.39, 0.29) is 0 Å². The Hall–Kier alpha value is -0.900. The molecule has 2 rings (SSSR count). The average Bonchev–Trinajstić information content (AvgIpc) is 3.30. The van der Waals surface area contributed by atoms with Gasteiger partial charge in [-0.15, -0.1) is 0 Å². The molecule has 118 valence electrons. The molecule has 1 aliphatic rings. The lowest BCUT2D eigenvalue weighted by Gasteiger charge is -2.31. The van der Waals surface area contributed by atoms with Gasteiger partial charge in [-0.05, 0) is 56.2 Å². The average molecular weight is 291 g/mol. The normalized spacial score (nSPS) is 18.0. The fourth-order valence-corrected chi connectivity index (χ4v) is 2.85. The van der Waals surface area contributed by atoms with Crippen molar-refractivity contribution in [3.05, 3.63) is 34.9 Å². The summed E-state index contributed by atoms with van der Waals surface area (Å²) >= 11 is 0. The third-order valence-corrected chi connectivity index (χ3v) is 4.79. The van der Waals surface area contributed by atoms with Gasteiger partial charge in [-0.1, -0.05) is 18.2 Å². The van der Waals surface area contributed by atoms with Crippen LogP contribution in [0.3, 0.4) is 0 Å². The van der Waals surface area contributed by atoms with Gasteiger partial charge in [0, 0.05) is 26.2 Å². The molecular weight excluding hydrogens is 262 g/mol. The molecule has 0 aromatic heterocycles.